The van der Waals surface area contributed by atoms with E-state index in [0.717, 1.165) is 11.8 Å². The zero-order valence-electron chi connectivity index (χ0n) is 22.1. The molecule has 1 aromatic carbocycles. The maximum Gasteiger partial charge on any atom is 0.337 e. The zero-order valence-corrected chi connectivity index (χ0v) is 22.1. The number of nitrogens with zero attached hydrogens (tertiary/aromatic N) is 1. The zero-order chi connectivity index (χ0) is 29.3. The summed E-state index contributed by atoms with van der Waals surface area (Å²) in [6.45, 7) is 4.96. The number of esters is 1. The van der Waals surface area contributed by atoms with E-state index in [1.165, 1.54) is 32.2 Å². The molecule has 3 heterocycles. The van der Waals surface area contributed by atoms with Crippen molar-refractivity contribution in [2.45, 2.75) is 62.8 Å². The summed E-state index contributed by atoms with van der Waals surface area (Å²) in [4.78, 5) is 27.0. The summed E-state index contributed by atoms with van der Waals surface area (Å²) in [7, 11) is 1.21. The minimum atomic E-state index is -1.69. The highest BCUT2D eigenvalue weighted by atomic mass is 16.8. The molecule has 1 aromatic rings. The van der Waals surface area contributed by atoms with Gasteiger partial charge in [0.25, 0.3) is 0 Å². The van der Waals surface area contributed by atoms with Crippen LogP contribution < -0.4 is 0 Å². The minimum absolute atomic E-state index is 0.125. The van der Waals surface area contributed by atoms with E-state index < -0.39 is 67.4 Å². The molecule has 4 rings (SSSR count). The van der Waals surface area contributed by atoms with Crippen LogP contribution in [0.15, 0.2) is 36.6 Å². The Morgan fingerprint density at radius 3 is 2.45 bits per heavy atom. The Hall–Kier alpha value is -3.20. The molecule has 1 fully saturated rings. The van der Waals surface area contributed by atoms with Crippen molar-refractivity contribution in [1.82, 2.24) is 4.90 Å². The van der Waals surface area contributed by atoms with Gasteiger partial charge in [-0.05, 0) is 36.1 Å². The van der Waals surface area contributed by atoms with Crippen molar-refractivity contribution < 1.29 is 59.2 Å². The van der Waals surface area contributed by atoms with Crippen molar-refractivity contribution in [3.8, 4) is 11.5 Å². The number of aromatic hydroxyl groups is 2. The maximum absolute atomic E-state index is 12.8. The highest BCUT2D eigenvalue weighted by Gasteiger charge is 2.48. The largest absolute Gasteiger partial charge is 0.504 e. The highest BCUT2D eigenvalue weighted by Crippen LogP contribution is 2.45. The first kappa shape index (κ1) is 29.8. The second-order valence-corrected chi connectivity index (χ2v) is 10.1. The Labute approximate surface area is 230 Å². The predicted octanol–water partition coefficient (Wildman–Crippen LogP) is -0.418. The van der Waals surface area contributed by atoms with Gasteiger partial charge in [0, 0.05) is 25.3 Å². The average molecular weight is 566 g/mol. The average Bonchev–Trinajstić information content (AvgIpc) is 2.93. The Morgan fingerprint density at radius 1 is 1.12 bits per heavy atom. The van der Waals surface area contributed by atoms with Crippen LogP contribution in [0.1, 0.15) is 30.5 Å². The van der Waals surface area contributed by atoms with Crippen LogP contribution >= 0.6 is 0 Å². The van der Waals surface area contributed by atoms with Crippen molar-refractivity contribution in [3.63, 3.8) is 0 Å². The fourth-order valence-electron chi connectivity index (χ4n) is 5.63. The van der Waals surface area contributed by atoms with Crippen LogP contribution in [0.5, 0.6) is 11.5 Å². The van der Waals surface area contributed by atoms with Gasteiger partial charge < -0.3 is 54.5 Å². The lowest BCUT2D eigenvalue weighted by molar-refractivity contribution is -0.339. The van der Waals surface area contributed by atoms with E-state index in [1.807, 2.05) is 0 Å². The molecule has 1 amide bonds. The molecule has 0 radical (unpaired) electrons. The molecule has 9 atom stereocenters. The molecule has 0 saturated carbocycles. The number of hydrogen-bond acceptors (Lipinski definition) is 12. The molecule has 13 nitrogen and oxygen atoms in total. The van der Waals surface area contributed by atoms with Crippen LogP contribution in [0, 0.1) is 11.8 Å². The summed E-state index contributed by atoms with van der Waals surface area (Å²) in [6.07, 6.45) is -5.67. The number of ether oxygens (including phenoxy) is 4. The fourth-order valence-corrected chi connectivity index (χ4v) is 5.63. The van der Waals surface area contributed by atoms with Crippen molar-refractivity contribution in [1.29, 1.82) is 0 Å². The number of methoxy groups -OCH3 is 1. The van der Waals surface area contributed by atoms with Gasteiger partial charge in [-0.25, -0.2) is 4.79 Å². The van der Waals surface area contributed by atoms with E-state index in [-0.39, 0.29) is 29.4 Å². The lowest BCUT2D eigenvalue weighted by atomic mass is 9.76. The summed E-state index contributed by atoms with van der Waals surface area (Å²) in [5, 5.41) is 60.5. The third-order valence-corrected chi connectivity index (χ3v) is 7.79. The Kier molecular flexibility index (Phi) is 9.02. The van der Waals surface area contributed by atoms with Crippen LogP contribution in [-0.4, -0.2) is 105 Å². The molecule has 3 aliphatic rings. The fraction of sp³-hybridized carbons (Fsp3) is 0.556. The van der Waals surface area contributed by atoms with Gasteiger partial charge in [0.1, 0.15) is 24.4 Å². The maximum atomic E-state index is 12.8. The molecule has 13 heteroatoms. The number of amides is 1. The van der Waals surface area contributed by atoms with Gasteiger partial charge in [0.05, 0.1) is 31.6 Å². The SMILES string of the molecule is C=C[C@H]1C(O[C@@H]2O[C@H](CO)[C@@H](O)[C@H](O)[C@H]2O)OC=C(C(=O)OC)[C@H]1CC1c2cc(O)c(O)cc2CCN1C(C)=O. The van der Waals surface area contributed by atoms with E-state index in [2.05, 4.69) is 6.58 Å². The third-order valence-electron chi connectivity index (χ3n) is 7.79. The normalized spacial score (nSPS) is 33.8. The summed E-state index contributed by atoms with van der Waals surface area (Å²) >= 11 is 0. The predicted molar refractivity (Wildman–Crippen MR) is 135 cm³/mol. The van der Waals surface area contributed by atoms with Crippen molar-refractivity contribution in [3.05, 3.63) is 47.7 Å². The molecule has 3 aliphatic heterocycles. The molecule has 2 unspecified atom stereocenters. The molecule has 6 N–H and O–H groups in total. The Balaban J connectivity index is 1.69. The van der Waals surface area contributed by atoms with Gasteiger partial charge in [0.2, 0.25) is 12.2 Å². The molecule has 0 spiro atoms. The molecular weight excluding hydrogens is 530 g/mol. The number of aliphatic hydroxyl groups is 4. The molecular formula is C27H35NO12. The van der Waals surface area contributed by atoms with Crippen LogP contribution in [-0.2, 0) is 35.0 Å². The van der Waals surface area contributed by atoms with Crippen LogP contribution in [0.3, 0.4) is 0 Å². The second-order valence-electron chi connectivity index (χ2n) is 10.1. The summed E-state index contributed by atoms with van der Waals surface area (Å²) in [5.41, 5.74) is 1.46. The van der Waals surface area contributed by atoms with Gasteiger partial charge in [0.15, 0.2) is 17.8 Å². The van der Waals surface area contributed by atoms with Gasteiger partial charge in [-0.2, -0.15) is 0 Å². The first-order valence-corrected chi connectivity index (χ1v) is 12.9. The number of carbonyl (C=O) groups is 2. The lowest BCUT2D eigenvalue weighted by Crippen LogP contribution is -2.60. The molecule has 0 bridgehead atoms. The number of fused-ring (bicyclic) bond motifs is 1. The summed E-state index contributed by atoms with van der Waals surface area (Å²) in [6, 6.07) is 2.22. The van der Waals surface area contributed by atoms with Crippen molar-refractivity contribution in [2.75, 3.05) is 20.3 Å². The second kappa shape index (κ2) is 12.1. The van der Waals surface area contributed by atoms with Gasteiger partial charge in [-0.3, -0.25) is 4.79 Å². The van der Waals surface area contributed by atoms with E-state index in [4.69, 9.17) is 18.9 Å². The smallest absolute Gasteiger partial charge is 0.337 e. The third kappa shape index (κ3) is 5.53. The Morgan fingerprint density at radius 2 is 1.82 bits per heavy atom. The summed E-state index contributed by atoms with van der Waals surface area (Å²) in [5.74, 6) is -3.06. The molecule has 1 saturated heterocycles. The van der Waals surface area contributed by atoms with Crippen molar-refractivity contribution in [2.24, 2.45) is 11.8 Å². The Bertz CT molecular complexity index is 1150. The van der Waals surface area contributed by atoms with E-state index in [0.29, 0.717) is 18.5 Å². The molecule has 220 valence electrons. The number of benzene rings is 1. The van der Waals surface area contributed by atoms with Crippen LogP contribution in [0.4, 0.5) is 0 Å². The topological polar surface area (TPSA) is 196 Å². The first-order valence-electron chi connectivity index (χ1n) is 12.9. The van der Waals surface area contributed by atoms with Crippen LogP contribution in [0.2, 0.25) is 0 Å². The molecule has 40 heavy (non-hydrogen) atoms. The van der Waals surface area contributed by atoms with Crippen molar-refractivity contribution >= 4 is 11.9 Å². The number of rotatable bonds is 7. The summed E-state index contributed by atoms with van der Waals surface area (Å²) < 4.78 is 22.0. The van der Waals surface area contributed by atoms with E-state index in [9.17, 15) is 40.2 Å². The van der Waals surface area contributed by atoms with E-state index in [1.54, 1.807) is 4.90 Å². The van der Waals surface area contributed by atoms with Gasteiger partial charge in [-0.1, -0.05) is 6.08 Å². The monoisotopic (exact) mass is 565 g/mol. The highest BCUT2D eigenvalue weighted by molar-refractivity contribution is 5.89. The number of hydrogen-bond donors (Lipinski definition) is 6. The van der Waals surface area contributed by atoms with Crippen LogP contribution in [0.25, 0.3) is 0 Å². The van der Waals surface area contributed by atoms with E-state index >= 15 is 0 Å². The van der Waals surface area contributed by atoms with Gasteiger partial charge in [-0.15, -0.1) is 6.58 Å². The minimum Gasteiger partial charge on any atom is -0.504 e. The molecule has 0 aromatic heterocycles. The quantitative estimate of drug-likeness (QED) is 0.142. The lowest BCUT2D eigenvalue weighted by Gasteiger charge is -2.44. The number of phenols is 2. The number of aliphatic hydroxyl groups excluding tert-OH is 4. The molecule has 0 aliphatic carbocycles. The standard InChI is InChI=1S/C27H35NO12/c1-4-14-16(8-18-15-9-20(32)19(31)7-13(15)5-6-28(18)12(2)30)17(25(36)37-3)11-38-26(14)40-27-24(35)23(34)22(33)21(10-29)39-27/h4,7,9,11,14,16,18,21-24,26-27,29,31-35H,1,5-6,8,10H2,2-3H3/t14-,16+,18?,21-,22-,23+,24-,26?,27+/m1/s1. The number of phenolic OH excluding ortho intramolecular Hbond substituents is 2. The number of carbonyl (C=O) groups excluding carboxylic acids is 2. The van der Waals surface area contributed by atoms with Gasteiger partial charge >= 0.3 is 5.97 Å². The first-order chi connectivity index (χ1) is 19.0.